The molecule has 0 aliphatic carbocycles. The lowest BCUT2D eigenvalue weighted by Crippen LogP contribution is -2.13. The first-order valence-electron chi connectivity index (χ1n) is 4.46. The lowest BCUT2D eigenvalue weighted by molar-refractivity contribution is 0.149. The van der Waals surface area contributed by atoms with Crippen LogP contribution in [0.5, 0.6) is 0 Å². The predicted octanol–water partition coefficient (Wildman–Crippen LogP) is 1.14. The van der Waals surface area contributed by atoms with Gasteiger partial charge in [-0.3, -0.25) is 0 Å². The van der Waals surface area contributed by atoms with E-state index in [-0.39, 0.29) is 5.56 Å². The highest BCUT2D eigenvalue weighted by Crippen LogP contribution is 2.26. The first kappa shape index (κ1) is 16.0. The molecular weight excluding hydrogens is 341 g/mol. The van der Waals surface area contributed by atoms with Gasteiger partial charge in [-0.25, -0.2) is 21.6 Å². The smallest absolute Gasteiger partial charge is 0.404 e. The summed E-state index contributed by atoms with van der Waals surface area (Å²) in [5.41, 5.74) is 4.71. The Morgan fingerprint density at radius 2 is 1.74 bits per heavy atom. The van der Waals surface area contributed by atoms with Crippen molar-refractivity contribution < 1.29 is 26.4 Å². The van der Waals surface area contributed by atoms with E-state index in [4.69, 9.17) is 27.1 Å². The lowest BCUT2D eigenvalue weighted by Gasteiger charge is -2.08. The fourth-order valence-corrected chi connectivity index (χ4v) is 3.17. The van der Waals surface area contributed by atoms with E-state index < -0.39 is 40.6 Å². The highest BCUT2D eigenvalue weighted by molar-refractivity contribution is 8.14. The molecule has 0 atom stereocenters. The third kappa shape index (κ3) is 4.53. The van der Waals surface area contributed by atoms with E-state index in [1.54, 1.807) is 0 Å². The van der Waals surface area contributed by atoms with Crippen LogP contribution in [0.3, 0.4) is 0 Å². The van der Waals surface area contributed by atoms with Gasteiger partial charge in [0.25, 0.3) is 18.1 Å². The molecule has 19 heavy (non-hydrogen) atoms. The van der Waals surface area contributed by atoms with Crippen LogP contribution in [-0.2, 0) is 29.4 Å². The summed E-state index contributed by atoms with van der Waals surface area (Å²) in [6.07, 6.45) is -1.12. The fourth-order valence-electron chi connectivity index (χ4n) is 1.18. The number of amides is 1. The minimum absolute atomic E-state index is 0.0298. The van der Waals surface area contributed by atoms with Gasteiger partial charge in [0, 0.05) is 26.9 Å². The van der Waals surface area contributed by atoms with Crippen molar-refractivity contribution in [1.82, 2.24) is 0 Å². The second-order valence-corrected chi connectivity index (χ2v) is 8.35. The van der Waals surface area contributed by atoms with Crippen molar-refractivity contribution in [3.05, 3.63) is 23.8 Å². The van der Waals surface area contributed by atoms with Crippen molar-refractivity contribution in [2.75, 3.05) is 0 Å². The van der Waals surface area contributed by atoms with Crippen LogP contribution in [0.4, 0.5) is 4.79 Å². The van der Waals surface area contributed by atoms with Crippen LogP contribution in [0.25, 0.3) is 0 Å². The Kier molecular flexibility index (Phi) is 4.67. The summed E-state index contributed by atoms with van der Waals surface area (Å²) in [6.45, 7) is -0.473. The summed E-state index contributed by atoms with van der Waals surface area (Å²) in [5.74, 6) is 0. The Morgan fingerprint density at radius 3 is 2.16 bits per heavy atom. The van der Waals surface area contributed by atoms with E-state index in [0.29, 0.717) is 0 Å². The number of rotatable bonds is 4. The maximum Gasteiger partial charge on any atom is 0.404 e. The number of carbonyl (C=O) groups is 1. The first-order valence-corrected chi connectivity index (χ1v) is 9.08. The Labute approximate surface area is 118 Å². The number of hydrogen-bond donors (Lipinski definition) is 1. The van der Waals surface area contributed by atoms with Gasteiger partial charge < -0.3 is 10.5 Å². The molecule has 0 spiro atoms. The second kappa shape index (κ2) is 5.53. The quantitative estimate of drug-likeness (QED) is 0.815. The normalized spacial score (nSPS) is 12.1. The van der Waals surface area contributed by atoms with Gasteiger partial charge in [0.2, 0.25) is 0 Å². The molecule has 0 fully saturated rings. The molecule has 0 radical (unpaired) electrons. The highest BCUT2D eigenvalue weighted by Gasteiger charge is 2.21. The molecule has 0 unspecified atom stereocenters. The van der Waals surface area contributed by atoms with E-state index in [1.165, 1.54) is 0 Å². The van der Waals surface area contributed by atoms with Crippen molar-refractivity contribution in [2.45, 2.75) is 16.4 Å². The minimum atomic E-state index is -4.25. The number of benzene rings is 1. The molecular formula is C8H7Cl2NO6S2. The summed E-state index contributed by atoms with van der Waals surface area (Å²) >= 11 is 0. The number of nitrogens with two attached hydrogens (primary N) is 1. The van der Waals surface area contributed by atoms with E-state index >= 15 is 0 Å². The molecule has 11 heteroatoms. The van der Waals surface area contributed by atoms with Crippen LogP contribution < -0.4 is 5.73 Å². The standard InChI is InChI=1S/C8H7Cl2NO6S2/c9-18(13,14)6-2-1-5(4-17-8(11)12)7(3-6)19(10,15)16/h1-3H,4H2,(H2,11,12). The molecule has 1 aromatic rings. The average Bonchev–Trinajstić information content (AvgIpc) is 2.23. The number of carbonyl (C=O) groups excluding carboxylic acids is 1. The zero-order chi connectivity index (χ0) is 14.8. The van der Waals surface area contributed by atoms with E-state index in [9.17, 15) is 21.6 Å². The second-order valence-electron chi connectivity index (χ2n) is 3.25. The Hall–Kier alpha value is -1.03. The maximum atomic E-state index is 11.3. The molecule has 2 N–H and O–H groups in total. The van der Waals surface area contributed by atoms with Crippen LogP contribution in [0.2, 0.25) is 0 Å². The van der Waals surface area contributed by atoms with Gasteiger partial charge in [-0.05, 0) is 12.1 Å². The largest absolute Gasteiger partial charge is 0.445 e. The van der Waals surface area contributed by atoms with Crippen LogP contribution in [0.1, 0.15) is 5.56 Å². The van der Waals surface area contributed by atoms with Crippen molar-refractivity contribution >= 4 is 45.6 Å². The number of hydrogen-bond acceptors (Lipinski definition) is 6. The van der Waals surface area contributed by atoms with E-state index in [1.807, 2.05) is 0 Å². The van der Waals surface area contributed by atoms with Crippen LogP contribution >= 0.6 is 21.4 Å². The number of halogens is 2. The monoisotopic (exact) mass is 347 g/mol. The molecule has 0 heterocycles. The molecule has 0 bridgehead atoms. The molecule has 0 aromatic heterocycles. The topological polar surface area (TPSA) is 121 Å². The average molecular weight is 348 g/mol. The summed E-state index contributed by atoms with van der Waals surface area (Å²) in [4.78, 5) is 9.48. The summed E-state index contributed by atoms with van der Waals surface area (Å²) in [7, 11) is 1.89. The number of ether oxygens (including phenoxy) is 1. The molecule has 106 valence electrons. The van der Waals surface area contributed by atoms with Crippen molar-refractivity contribution in [3.8, 4) is 0 Å². The molecule has 0 saturated carbocycles. The molecule has 1 amide bonds. The van der Waals surface area contributed by atoms with Gasteiger partial charge in [-0.1, -0.05) is 6.07 Å². The highest BCUT2D eigenvalue weighted by atomic mass is 35.7. The van der Waals surface area contributed by atoms with Crippen molar-refractivity contribution in [3.63, 3.8) is 0 Å². The summed E-state index contributed by atoms with van der Waals surface area (Å²) in [5, 5.41) is 0. The van der Waals surface area contributed by atoms with Crippen molar-refractivity contribution in [1.29, 1.82) is 0 Å². The Balaban J connectivity index is 3.38. The molecule has 1 aromatic carbocycles. The van der Waals surface area contributed by atoms with Crippen LogP contribution in [0.15, 0.2) is 28.0 Å². The van der Waals surface area contributed by atoms with Gasteiger partial charge in [0.15, 0.2) is 0 Å². The fraction of sp³-hybridized carbons (Fsp3) is 0.125. The third-order valence-electron chi connectivity index (χ3n) is 1.95. The molecule has 0 aliphatic rings. The molecule has 0 saturated heterocycles. The predicted molar refractivity (Wildman–Crippen MR) is 66.9 cm³/mol. The minimum Gasteiger partial charge on any atom is -0.445 e. The maximum absolute atomic E-state index is 11.3. The van der Waals surface area contributed by atoms with Gasteiger partial charge in [-0.15, -0.1) is 0 Å². The molecule has 0 aliphatic heterocycles. The molecule has 7 nitrogen and oxygen atoms in total. The first-order chi connectivity index (χ1) is 8.51. The Bertz CT molecular complexity index is 713. The zero-order valence-corrected chi connectivity index (χ0v) is 12.2. The van der Waals surface area contributed by atoms with Gasteiger partial charge in [0.1, 0.15) is 6.61 Å². The van der Waals surface area contributed by atoms with Crippen LogP contribution in [-0.4, -0.2) is 22.9 Å². The third-order valence-corrected chi connectivity index (χ3v) is 4.71. The summed E-state index contributed by atoms with van der Waals surface area (Å²) in [6, 6.07) is 2.92. The van der Waals surface area contributed by atoms with Gasteiger partial charge in [0.05, 0.1) is 9.79 Å². The van der Waals surface area contributed by atoms with E-state index in [2.05, 4.69) is 4.74 Å². The lowest BCUT2D eigenvalue weighted by atomic mass is 10.2. The number of primary amides is 1. The summed E-state index contributed by atoms with van der Waals surface area (Å²) < 4.78 is 49.3. The van der Waals surface area contributed by atoms with Gasteiger partial charge in [-0.2, -0.15) is 0 Å². The zero-order valence-electron chi connectivity index (χ0n) is 9.04. The van der Waals surface area contributed by atoms with E-state index in [0.717, 1.165) is 18.2 Å². The van der Waals surface area contributed by atoms with Crippen LogP contribution in [0, 0.1) is 0 Å². The molecule has 1 rings (SSSR count). The SMILES string of the molecule is NC(=O)OCc1ccc(S(=O)(=O)Cl)cc1S(=O)(=O)Cl. The Morgan fingerprint density at radius 1 is 1.16 bits per heavy atom. The van der Waals surface area contributed by atoms with Gasteiger partial charge >= 0.3 is 6.09 Å². The van der Waals surface area contributed by atoms with Crippen molar-refractivity contribution in [2.24, 2.45) is 5.73 Å².